The molecule has 1 unspecified atom stereocenters. The maximum absolute atomic E-state index is 10.9. The lowest BCUT2D eigenvalue weighted by Crippen LogP contribution is -2.30. The van der Waals surface area contributed by atoms with E-state index in [4.69, 9.17) is 21.1 Å². The van der Waals surface area contributed by atoms with Crippen LogP contribution in [0.2, 0.25) is 5.02 Å². The second-order valence-corrected chi connectivity index (χ2v) is 8.51. The van der Waals surface area contributed by atoms with E-state index in [0.29, 0.717) is 29.5 Å². The number of halogens is 2. The van der Waals surface area contributed by atoms with Crippen LogP contribution in [0.1, 0.15) is 22.8 Å². The Hall–Kier alpha value is -2.05. The fraction of sp³-hybridized carbons (Fsp3) is 0.280. The highest BCUT2D eigenvalue weighted by molar-refractivity contribution is 9.10. The van der Waals surface area contributed by atoms with Gasteiger partial charge in [-0.25, -0.2) is 0 Å². The van der Waals surface area contributed by atoms with E-state index in [9.17, 15) is 5.11 Å². The number of nitrogens with zero attached hydrogens (tertiary/aromatic N) is 1. The van der Waals surface area contributed by atoms with Gasteiger partial charge in [0.1, 0.15) is 0 Å². The third-order valence-corrected chi connectivity index (χ3v) is 6.34. The molecule has 0 aliphatic carbocycles. The van der Waals surface area contributed by atoms with Crippen LogP contribution >= 0.6 is 27.5 Å². The lowest BCUT2D eigenvalue weighted by molar-refractivity contribution is 0.109. The van der Waals surface area contributed by atoms with Crippen LogP contribution in [0.25, 0.3) is 0 Å². The van der Waals surface area contributed by atoms with E-state index in [1.165, 1.54) is 5.56 Å². The van der Waals surface area contributed by atoms with Crippen molar-refractivity contribution in [2.75, 3.05) is 27.3 Å². The van der Waals surface area contributed by atoms with Crippen molar-refractivity contribution in [2.24, 2.45) is 0 Å². The molecule has 164 valence electrons. The fourth-order valence-corrected chi connectivity index (χ4v) is 4.44. The fourth-order valence-electron chi connectivity index (χ4n) is 3.57. The normalized spacial score (nSPS) is 12.1. The van der Waals surface area contributed by atoms with Crippen molar-refractivity contribution in [3.63, 3.8) is 0 Å². The van der Waals surface area contributed by atoms with Crippen molar-refractivity contribution in [2.45, 2.75) is 19.1 Å². The van der Waals surface area contributed by atoms with Gasteiger partial charge in [0.15, 0.2) is 11.5 Å². The predicted octanol–water partition coefficient (Wildman–Crippen LogP) is 5.90. The maximum atomic E-state index is 10.9. The van der Waals surface area contributed by atoms with Crippen molar-refractivity contribution in [1.29, 1.82) is 0 Å². The predicted molar refractivity (Wildman–Crippen MR) is 129 cm³/mol. The van der Waals surface area contributed by atoms with Gasteiger partial charge in [-0.1, -0.05) is 82.1 Å². The molecule has 1 N–H and O–H groups in total. The lowest BCUT2D eigenvalue weighted by Gasteiger charge is -2.26. The summed E-state index contributed by atoms with van der Waals surface area (Å²) in [5, 5.41) is 11.5. The Morgan fingerprint density at radius 2 is 1.68 bits per heavy atom. The zero-order valence-electron chi connectivity index (χ0n) is 17.7. The molecule has 3 aromatic rings. The van der Waals surface area contributed by atoms with Crippen LogP contribution in [0.3, 0.4) is 0 Å². The minimum atomic E-state index is -0.611. The van der Waals surface area contributed by atoms with Crippen LogP contribution < -0.4 is 9.47 Å². The highest BCUT2D eigenvalue weighted by Gasteiger charge is 2.18. The average molecular weight is 505 g/mol. The van der Waals surface area contributed by atoms with Crippen molar-refractivity contribution in [1.82, 2.24) is 4.90 Å². The summed E-state index contributed by atoms with van der Waals surface area (Å²) < 4.78 is 11.7. The molecule has 0 aromatic heterocycles. The zero-order chi connectivity index (χ0) is 22.2. The van der Waals surface area contributed by atoms with Gasteiger partial charge >= 0.3 is 0 Å². The largest absolute Gasteiger partial charge is 0.493 e. The topological polar surface area (TPSA) is 41.9 Å². The monoisotopic (exact) mass is 503 g/mol. The standard InChI is InChI=1S/C25H27BrClNO3/c1-30-23-13-12-19(24(27)25(23)31-2)14-15-28(16-18-8-4-3-5-9-18)17-22(29)20-10-6-7-11-21(20)26/h3-13,22,29H,14-17H2,1-2H3. The van der Waals surface area contributed by atoms with Crippen molar-refractivity contribution in [3.05, 3.63) is 92.9 Å². The summed E-state index contributed by atoms with van der Waals surface area (Å²) in [6.07, 6.45) is 0.106. The molecule has 0 fully saturated rings. The SMILES string of the molecule is COc1ccc(CCN(Cc2ccccc2)CC(O)c2ccccc2Br)c(Cl)c1OC. The van der Waals surface area contributed by atoms with E-state index in [2.05, 4.69) is 33.0 Å². The number of hydrogen-bond acceptors (Lipinski definition) is 4. The molecule has 31 heavy (non-hydrogen) atoms. The lowest BCUT2D eigenvalue weighted by atomic mass is 10.1. The number of ether oxygens (including phenoxy) is 2. The first-order valence-electron chi connectivity index (χ1n) is 10.1. The molecule has 0 aliphatic heterocycles. The van der Waals surface area contributed by atoms with Crippen molar-refractivity contribution >= 4 is 27.5 Å². The minimum absolute atomic E-state index is 0.502. The summed E-state index contributed by atoms with van der Waals surface area (Å²) >= 11 is 10.1. The molecule has 0 radical (unpaired) electrons. The summed E-state index contributed by atoms with van der Waals surface area (Å²) in [5.74, 6) is 1.16. The molecular weight excluding hydrogens is 478 g/mol. The highest BCUT2D eigenvalue weighted by atomic mass is 79.9. The molecule has 3 aromatic carbocycles. The first-order valence-corrected chi connectivity index (χ1v) is 11.3. The molecular formula is C25H27BrClNO3. The Morgan fingerprint density at radius 3 is 2.35 bits per heavy atom. The van der Waals surface area contributed by atoms with Gasteiger partial charge in [-0.2, -0.15) is 0 Å². The van der Waals surface area contributed by atoms with Gasteiger partial charge in [-0.05, 0) is 35.2 Å². The van der Waals surface area contributed by atoms with Crippen LogP contribution in [0.15, 0.2) is 71.2 Å². The van der Waals surface area contributed by atoms with Crippen LogP contribution in [0.4, 0.5) is 0 Å². The molecule has 0 heterocycles. The first-order chi connectivity index (χ1) is 15.0. The number of rotatable bonds is 10. The van der Waals surface area contributed by atoms with Crippen molar-refractivity contribution < 1.29 is 14.6 Å². The van der Waals surface area contributed by atoms with Crippen LogP contribution in [-0.2, 0) is 13.0 Å². The number of aliphatic hydroxyl groups is 1. The third-order valence-electron chi connectivity index (χ3n) is 5.21. The second-order valence-electron chi connectivity index (χ2n) is 7.28. The summed E-state index contributed by atoms with van der Waals surface area (Å²) in [6.45, 7) is 1.96. The van der Waals surface area contributed by atoms with Gasteiger partial charge in [-0.15, -0.1) is 0 Å². The Kier molecular flexibility index (Phi) is 8.79. The van der Waals surface area contributed by atoms with Crippen LogP contribution in [-0.4, -0.2) is 37.3 Å². The minimum Gasteiger partial charge on any atom is -0.493 e. The molecule has 3 rings (SSSR count). The Balaban J connectivity index is 1.78. The van der Waals surface area contributed by atoms with E-state index in [0.717, 1.165) is 28.7 Å². The molecule has 0 aliphatic rings. The average Bonchev–Trinajstić information content (AvgIpc) is 2.78. The summed E-state index contributed by atoms with van der Waals surface area (Å²) in [7, 11) is 3.18. The molecule has 0 spiro atoms. The van der Waals surface area contributed by atoms with E-state index >= 15 is 0 Å². The molecule has 1 atom stereocenters. The Morgan fingerprint density at radius 1 is 0.968 bits per heavy atom. The van der Waals surface area contributed by atoms with E-state index in [1.54, 1.807) is 14.2 Å². The number of aliphatic hydroxyl groups excluding tert-OH is 1. The summed E-state index contributed by atoms with van der Waals surface area (Å²) in [6, 6.07) is 21.9. The molecule has 6 heteroatoms. The van der Waals surface area contributed by atoms with Gasteiger partial charge in [0.25, 0.3) is 0 Å². The number of benzene rings is 3. The summed E-state index contributed by atoms with van der Waals surface area (Å²) in [4.78, 5) is 2.24. The van der Waals surface area contributed by atoms with Crippen molar-refractivity contribution in [3.8, 4) is 11.5 Å². The van der Waals surface area contributed by atoms with Gasteiger partial charge in [0.05, 0.1) is 25.3 Å². The first kappa shape index (κ1) is 23.6. The van der Waals surface area contributed by atoms with Gasteiger partial charge in [0.2, 0.25) is 0 Å². The molecule has 0 saturated heterocycles. The Bertz CT molecular complexity index is 984. The van der Waals surface area contributed by atoms with E-state index in [1.807, 2.05) is 54.6 Å². The van der Waals surface area contributed by atoms with Gasteiger partial charge in [0, 0.05) is 24.1 Å². The molecule has 0 amide bonds. The third kappa shape index (κ3) is 6.23. The second kappa shape index (κ2) is 11.5. The van der Waals surface area contributed by atoms with E-state index in [-0.39, 0.29) is 0 Å². The highest BCUT2D eigenvalue weighted by Crippen LogP contribution is 2.37. The quantitative estimate of drug-likeness (QED) is 0.373. The zero-order valence-corrected chi connectivity index (χ0v) is 20.1. The molecule has 4 nitrogen and oxygen atoms in total. The number of hydrogen-bond donors (Lipinski definition) is 1. The van der Waals surface area contributed by atoms with E-state index < -0.39 is 6.10 Å². The van der Waals surface area contributed by atoms with Crippen LogP contribution in [0.5, 0.6) is 11.5 Å². The molecule has 0 saturated carbocycles. The smallest absolute Gasteiger partial charge is 0.179 e. The summed E-state index contributed by atoms with van der Waals surface area (Å²) in [5.41, 5.74) is 3.05. The van der Waals surface area contributed by atoms with Gasteiger partial charge < -0.3 is 14.6 Å². The van der Waals surface area contributed by atoms with Gasteiger partial charge in [-0.3, -0.25) is 4.90 Å². The number of methoxy groups -OCH3 is 2. The maximum Gasteiger partial charge on any atom is 0.179 e. The Labute approximate surface area is 197 Å². The van der Waals surface area contributed by atoms with Crippen LogP contribution in [0, 0.1) is 0 Å². The molecule has 0 bridgehead atoms.